The van der Waals surface area contributed by atoms with Gasteiger partial charge < -0.3 is 5.32 Å². The maximum Gasteiger partial charge on any atom is 0.252 e. The molecule has 24 heavy (non-hydrogen) atoms. The van der Waals surface area contributed by atoms with Crippen LogP contribution in [0.5, 0.6) is 0 Å². The van der Waals surface area contributed by atoms with E-state index in [-0.39, 0.29) is 5.82 Å². The summed E-state index contributed by atoms with van der Waals surface area (Å²) in [7, 11) is -3.38. The Kier molecular flexibility index (Phi) is 6.91. The molecule has 0 fully saturated rings. The van der Waals surface area contributed by atoms with E-state index >= 15 is 0 Å². The number of sulfonamides is 1. The minimum absolute atomic E-state index is 0.214. The Hall–Kier alpha value is -1.28. The first-order valence-electron chi connectivity index (χ1n) is 8.02. The summed E-state index contributed by atoms with van der Waals surface area (Å²) in [6, 6.07) is 10.2. The van der Waals surface area contributed by atoms with E-state index in [0.717, 1.165) is 4.88 Å². The molecule has 2 aromatic rings. The Labute approximate surface area is 147 Å². The molecule has 132 valence electrons. The van der Waals surface area contributed by atoms with E-state index in [0.29, 0.717) is 42.4 Å². The minimum atomic E-state index is -3.38. The van der Waals surface area contributed by atoms with Crippen LogP contribution in [0.25, 0.3) is 0 Å². The lowest BCUT2D eigenvalue weighted by molar-refractivity contribution is 0.447. The van der Waals surface area contributed by atoms with Crippen LogP contribution in [0.3, 0.4) is 0 Å². The molecule has 0 bridgehead atoms. The molecule has 0 radical (unpaired) electrons. The molecular formula is C17H23FN2O2S2. The van der Waals surface area contributed by atoms with Gasteiger partial charge in [0, 0.05) is 36.6 Å². The Balaban J connectivity index is 1.89. The largest absolute Gasteiger partial charge is 0.312 e. The molecule has 1 N–H and O–H groups in total. The van der Waals surface area contributed by atoms with Gasteiger partial charge in [0.1, 0.15) is 10.0 Å². The van der Waals surface area contributed by atoms with E-state index in [1.165, 1.54) is 21.7 Å². The van der Waals surface area contributed by atoms with E-state index in [1.807, 2.05) is 26.0 Å². The highest BCUT2D eigenvalue weighted by atomic mass is 32.2. The van der Waals surface area contributed by atoms with Crippen molar-refractivity contribution in [2.45, 2.75) is 31.0 Å². The Bertz CT molecular complexity index is 755. The van der Waals surface area contributed by atoms with Crippen molar-refractivity contribution >= 4 is 21.4 Å². The second kappa shape index (κ2) is 8.71. The third-order valence-corrected chi connectivity index (χ3v) is 7.42. The number of nitrogens with zero attached hydrogens (tertiary/aromatic N) is 1. The zero-order chi connectivity index (χ0) is 17.6. The van der Waals surface area contributed by atoms with Crippen LogP contribution in [0.2, 0.25) is 0 Å². The predicted octanol–water partition coefficient (Wildman–Crippen LogP) is 3.25. The van der Waals surface area contributed by atoms with Crippen molar-refractivity contribution in [3.05, 3.63) is 52.7 Å². The number of rotatable bonds is 9. The lowest BCUT2D eigenvalue weighted by Crippen LogP contribution is -2.29. The standard InChI is InChI=1S/C17H23FN2O2S2/c1-3-20(4-2)24(21,22)17-10-9-15(23-17)11-12-19-13-14-7-5-6-8-16(14)18/h5-10,19H,3-4,11-13H2,1-2H3. The molecule has 0 saturated carbocycles. The van der Waals surface area contributed by atoms with Crippen LogP contribution in [-0.2, 0) is 23.0 Å². The molecular weight excluding hydrogens is 347 g/mol. The van der Waals surface area contributed by atoms with E-state index in [4.69, 9.17) is 0 Å². The van der Waals surface area contributed by atoms with Crippen LogP contribution in [0.4, 0.5) is 4.39 Å². The van der Waals surface area contributed by atoms with E-state index in [2.05, 4.69) is 5.32 Å². The molecule has 1 heterocycles. The van der Waals surface area contributed by atoms with Crippen molar-refractivity contribution in [3.8, 4) is 0 Å². The second-order valence-corrected chi connectivity index (χ2v) is 8.66. The summed E-state index contributed by atoms with van der Waals surface area (Å²) in [6.07, 6.45) is 0.715. The molecule has 0 unspecified atom stereocenters. The topological polar surface area (TPSA) is 49.4 Å². The molecule has 7 heteroatoms. The monoisotopic (exact) mass is 370 g/mol. The van der Waals surface area contributed by atoms with Gasteiger partial charge >= 0.3 is 0 Å². The Morgan fingerprint density at radius 3 is 2.50 bits per heavy atom. The maximum atomic E-state index is 13.5. The first-order chi connectivity index (χ1) is 11.5. The molecule has 0 spiro atoms. The second-order valence-electron chi connectivity index (χ2n) is 5.33. The fourth-order valence-corrected chi connectivity index (χ4v) is 5.37. The lowest BCUT2D eigenvalue weighted by Gasteiger charge is -2.16. The van der Waals surface area contributed by atoms with Gasteiger partial charge in [-0.1, -0.05) is 32.0 Å². The summed E-state index contributed by atoms with van der Waals surface area (Å²) in [5.74, 6) is -0.214. The van der Waals surface area contributed by atoms with Crippen LogP contribution in [0.15, 0.2) is 40.6 Å². The van der Waals surface area contributed by atoms with E-state index < -0.39 is 10.0 Å². The average Bonchev–Trinajstić information content (AvgIpc) is 3.04. The summed E-state index contributed by atoms with van der Waals surface area (Å²) in [5, 5.41) is 3.19. The van der Waals surface area contributed by atoms with Crippen LogP contribution in [0, 0.1) is 5.82 Å². The molecule has 1 aromatic carbocycles. The maximum absolute atomic E-state index is 13.5. The smallest absolute Gasteiger partial charge is 0.252 e. The fourth-order valence-electron chi connectivity index (χ4n) is 2.40. The van der Waals surface area contributed by atoms with Gasteiger partial charge in [0.05, 0.1) is 0 Å². The zero-order valence-corrected chi connectivity index (χ0v) is 15.6. The van der Waals surface area contributed by atoms with Crippen LogP contribution in [-0.4, -0.2) is 32.4 Å². The van der Waals surface area contributed by atoms with Gasteiger partial charge in [-0.15, -0.1) is 11.3 Å². The molecule has 0 atom stereocenters. The summed E-state index contributed by atoms with van der Waals surface area (Å²) < 4.78 is 40.2. The first kappa shape index (κ1) is 19.1. The van der Waals surface area contributed by atoms with E-state index in [9.17, 15) is 12.8 Å². The predicted molar refractivity (Wildman–Crippen MR) is 96.2 cm³/mol. The van der Waals surface area contributed by atoms with Gasteiger partial charge in [-0.05, 0) is 24.6 Å². The van der Waals surface area contributed by atoms with Gasteiger partial charge in [0.25, 0.3) is 10.0 Å². The van der Waals surface area contributed by atoms with Crippen molar-refractivity contribution in [1.29, 1.82) is 0 Å². The third-order valence-electron chi connectivity index (χ3n) is 3.76. The number of thiophene rings is 1. The highest BCUT2D eigenvalue weighted by molar-refractivity contribution is 7.91. The minimum Gasteiger partial charge on any atom is -0.312 e. The van der Waals surface area contributed by atoms with Gasteiger partial charge in [-0.25, -0.2) is 12.8 Å². The lowest BCUT2D eigenvalue weighted by atomic mass is 10.2. The van der Waals surface area contributed by atoms with E-state index in [1.54, 1.807) is 18.2 Å². The molecule has 1 aromatic heterocycles. The summed E-state index contributed by atoms with van der Waals surface area (Å²) in [6.45, 7) is 5.74. The average molecular weight is 371 g/mol. The van der Waals surface area contributed by atoms with Crippen molar-refractivity contribution in [3.63, 3.8) is 0 Å². The third kappa shape index (κ3) is 4.63. The highest BCUT2D eigenvalue weighted by Crippen LogP contribution is 2.25. The fraction of sp³-hybridized carbons (Fsp3) is 0.412. The number of benzene rings is 1. The SMILES string of the molecule is CCN(CC)S(=O)(=O)c1ccc(CCNCc2ccccc2F)s1. The van der Waals surface area contributed by atoms with Gasteiger partial charge in [0.2, 0.25) is 0 Å². The van der Waals surface area contributed by atoms with Gasteiger partial charge in [-0.2, -0.15) is 4.31 Å². The molecule has 0 aliphatic rings. The highest BCUT2D eigenvalue weighted by Gasteiger charge is 2.23. The first-order valence-corrected chi connectivity index (χ1v) is 10.3. The normalized spacial score (nSPS) is 12.0. The zero-order valence-electron chi connectivity index (χ0n) is 14.0. The number of hydrogen-bond donors (Lipinski definition) is 1. The summed E-state index contributed by atoms with van der Waals surface area (Å²) in [5.41, 5.74) is 0.633. The van der Waals surface area contributed by atoms with Crippen LogP contribution in [0.1, 0.15) is 24.3 Å². The molecule has 4 nitrogen and oxygen atoms in total. The molecule has 0 saturated heterocycles. The van der Waals surface area contributed by atoms with Crippen LogP contribution < -0.4 is 5.32 Å². The van der Waals surface area contributed by atoms with Gasteiger partial charge in [0.15, 0.2) is 0 Å². The van der Waals surface area contributed by atoms with Crippen LogP contribution >= 0.6 is 11.3 Å². The number of hydrogen-bond acceptors (Lipinski definition) is 4. The molecule has 0 aliphatic heterocycles. The summed E-state index contributed by atoms with van der Waals surface area (Å²) >= 11 is 1.30. The van der Waals surface area contributed by atoms with Crippen molar-refractivity contribution < 1.29 is 12.8 Å². The Morgan fingerprint density at radius 1 is 1.12 bits per heavy atom. The Morgan fingerprint density at radius 2 is 1.83 bits per heavy atom. The van der Waals surface area contributed by atoms with Crippen molar-refractivity contribution in [1.82, 2.24) is 9.62 Å². The quantitative estimate of drug-likeness (QED) is 0.690. The van der Waals surface area contributed by atoms with Gasteiger partial charge in [-0.3, -0.25) is 0 Å². The molecule has 2 rings (SSSR count). The molecule has 0 aliphatic carbocycles. The number of nitrogens with one attached hydrogen (secondary N) is 1. The van der Waals surface area contributed by atoms with Crippen molar-refractivity contribution in [2.24, 2.45) is 0 Å². The number of halogens is 1. The molecule has 0 amide bonds. The summed E-state index contributed by atoms with van der Waals surface area (Å²) in [4.78, 5) is 1.00. The van der Waals surface area contributed by atoms with Crippen molar-refractivity contribution in [2.75, 3.05) is 19.6 Å².